The summed E-state index contributed by atoms with van der Waals surface area (Å²) in [5.74, 6) is 2.80. The van der Waals surface area contributed by atoms with Crippen LogP contribution in [0.2, 0.25) is 0 Å². The number of rotatable bonds is 6. The largest absolute Gasteiger partial charge is 0.493 e. The Bertz CT molecular complexity index is 1260. The molecule has 5 aliphatic carbocycles. The molecular weight excluding hydrogens is 448 g/mol. The van der Waals surface area contributed by atoms with E-state index in [-0.39, 0.29) is 28.9 Å². The van der Waals surface area contributed by atoms with Crippen molar-refractivity contribution in [1.29, 1.82) is 0 Å². The molecule has 2 saturated carbocycles. The summed E-state index contributed by atoms with van der Waals surface area (Å²) in [5.41, 5.74) is 10.5. The van der Waals surface area contributed by atoms with Crippen LogP contribution in [0.5, 0.6) is 11.5 Å². The molecule has 0 amide bonds. The molecule has 3 fully saturated rings. The number of nitrogens with two attached hydrogens (primary N) is 1. The first kappa shape index (κ1) is 21.7. The van der Waals surface area contributed by atoms with E-state index < -0.39 is 5.60 Å². The summed E-state index contributed by atoms with van der Waals surface area (Å²) in [6.45, 7) is 2.35. The van der Waals surface area contributed by atoms with Gasteiger partial charge in [0.1, 0.15) is 11.7 Å². The summed E-state index contributed by atoms with van der Waals surface area (Å²) in [6, 6.07) is 15.3. The Morgan fingerprint density at radius 2 is 1.94 bits per heavy atom. The van der Waals surface area contributed by atoms with Crippen molar-refractivity contribution in [3.05, 3.63) is 71.3 Å². The highest BCUT2D eigenvalue weighted by Crippen LogP contribution is 2.75. The highest BCUT2D eigenvalue weighted by atomic mass is 16.6. The quantitative estimate of drug-likeness (QED) is 0.616. The molecule has 2 aromatic carbocycles. The minimum absolute atomic E-state index is 0.0211. The van der Waals surface area contributed by atoms with Crippen LogP contribution in [0.15, 0.2) is 54.6 Å². The smallest absolute Gasteiger partial charge is 0.166 e. The van der Waals surface area contributed by atoms with Crippen LogP contribution in [0.3, 0.4) is 0 Å². The summed E-state index contributed by atoms with van der Waals surface area (Å²) in [5, 5.41) is 0. The van der Waals surface area contributed by atoms with Crippen LogP contribution in [0.1, 0.15) is 48.4 Å². The van der Waals surface area contributed by atoms with Gasteiger partial charge < -0.3 is 19.9 Å². The molecule has 36 heavy (non-hydrogen) atoms. The van der Waals surface area contributed by atoms with Crippen LogP contribution >= 0.6 is 0 Å². The maximum absolute atomic E-state index is 7.16. The van der Waals surface area contributed by atoms with E-state index in [0.29, 0.717) is 6.04 Å². The Morgan fingerprint density at radius 3 is 2.69 bits per heavy atom. The number of piperidine rings is 1. The second-order valence-corrected chi connectivity index (χ2v) is 12.2. The second-order valence-electron chi connectivity index (χ2n) is 12.2. The Kier molecular flexibility index (Phi) is 4.31. The fraction of sp³-hybridized carbons (Fsp3) is 0.548. The second kappa shape index (κ2) is 7.15. The fourth-order valence-electron chi connectivity index (χ4n) is 9.30. The van der Waals surface area contributed by atoms with Crippen LogP contribution in [-0.4, -0.2) is 50.0 Å². The summed E-state index contributed by atoms with van der Waals surface area (Å²) in [7, 11) is 3.62. The van der Waals surface area contributed by atoms with Gasteiger partial charge in [0.05, 0.1) is 12.5 Å². The minimum Gasteiger partial charge on any atom is -0.493 e. The van der Waals surface area contributed by atoms with E-state index in [4.69, 9.17) is 19.9 Å². The van der Waals surface area contributed by atoms with E-state index in [2.05, 4.69) is 59.5 Å². The molecule has 4 bridgehead atoms. The number of hydrogen-bond donors (Lipinski definition) is 1. The molecule has 1 saturated heterocycles. The van der Waals surface area contributed by atoms with Crippen molar-refractivity contribution >= 4 is 0 Å². The van der Waals surface area contributed by atoms with Gasteiger partial charge in [-0.25, -0.2) is 0 Å². The number of methoxy groups -OCH3 is 2. The predicted octanol–water partition coefficient (Wildman–Crippen LogP) is 4.40. The van der Waals surface area contributed by atoms with Crippen molar-refractivity contribution in [2.45, 2.75) is 61.3 Å². The average molecular weight is 485 g/mol. The lowest BCUT2D eigenvalue weighted by molar-refractivity contribution is -0.220. The Morgan fingerprint density at radius 1 is 1.11 bits per heavy atom. The first-order chi connectivity index (χ1) is 17.6. The third-order valence-corrected chi connectivity index (χ3v) is 11.0. The molecule has 7 atom stereocenters. The summed E-state index contributed by atoms with van der Waals surface area (Å²) >= 11 is 0. The number of fused-ring (bicyclic) bond motifs is 1. The molecule has 5 nitrogen and oxygen atoms in total. The first-order valence-corrected chi connectivity index (χ1v) is 13.7. The summed E-state index contributed by atoms with van der Waals surface area (Å²) in [6.07, 6.45) is 10.8. The van der Waals surface area contributed by atoms with Gasteiger partial charge in [-0.3, -0.25) is 4.90 Å². The standard InChI is InChI=1S/C31H36N2O3/c1-34-23-11-10-21-16-24-29-12-13-31(35-2,22(17-29)26(32)20-6-4-3-5-7-20)28-30(29,25(21)27(23)36-28)14-15-33(24)18-19-8-9-19/h3-7,10-13,19,22,24,26,28H,8-9,14-18,32H2,1-2H3/t22?,24-,26?,28-,29-,30+,31-/m1/s1. The normalized spacial score (nSPS) is 40.0. The van der Waals surface area contributed by atoms with Gasteiger partial charge in [-0.05, 0) is 61.8 Å². The van der Waals surface area contributed by atoms with Gasteiger partial charge >= 0.3 is 0 Å². The average Bonchev–Trinajstić information content (AvgIpc) is 3.67. The Hall–Kier alpha value is -2.34. The molecule has 0 radical (unpaired) electrons. The van der Waals surface area contributed by atoms with Crippen LogP contribution in [-0.2, 0) is 16.6 Å². The number of likely N-dealkylation sites (tertiary alicyclic amines) is 1. The minimum atomic E-state index is -0.584. The van der Waals surface area contributed by atoms with E-state index in [9.17, 15) is 0 Å². The molecule has 188 valence electrons. The molecule has 2 aromatic rings. The lowest BCUT2D eigenvalue weighted by Crippen LogP contribution is -2.79. The van der Waals surface area contributed by atoms with Gasteiger partial charge in [0.25, 0.3) is 0 Å². The molecule has 2 N–H and O–H groups in total. The maximum Gasteiger partial charge on any atom is 0.166 e. The molecule has 2 heterocycles. The van der Waals surface area contributed by atoms with Gasteiger partial charge in [-0.2, -0.15) is 0 Å². The molecule has 5 heteroatoms. The summed E-state index contributed by atoms with van der Waals surface area (Å²) < 4.78 is 19.6. The number of benzene rings is 2. The van der Waals surface area contributed by atoms with Gasteiger partial charge in [-0.1, -0.05) is 48.6 Å². The third-order valence-electron chi connectivity index (χ3n) is 11.0. The van der Waals surface area contributed by atoms with Crippen molar-refractivity contribution in [3.8, 4) is 11.5 Å². The molecule has 9 rings (SSSR count). The third kappa shape index (κ3) is 2.39. The van der Waals surface area contributed by atoms with Gasteiger partial charge in [0, 0.05) is 42.6 Å². The van der Waals surface area contributed by atoms with Crippen LogP contribution < -0.4 is 15.2 Å². The zero-order valence-corrected chi connectivity index (χ0v) is 21.3. The zero-order valence-electron chi connectivity index (χ0n) is 21.3. The predicted molar refractivity (Wildman–Crippen MR) is 138 cm³/mol. The zero-order chi connectivity index (χ0) is 24.3. The number of nitrogens with zero attached hydrogens (tertiary/aromatic N) is 1. The van der Waals surface area contributed by atoms with Crippen LogP contribution in [0, 0.1) is 17.3 Å². The van der Waals surface area contributed by atoms with Crippen LogP contribution in [0.4, 0.5) is 0 Å². The van der Waals surface area contributed by atoms with E-state index in [0.717, 1.165) is 43.2 Å². The Balaban J connectivity index is 1.36. The van der Waals surface area contributed by atoms with Crippen molar-refractivity contribution < 1.29 is 14.2 Å². The lowest BCUT2D eigenvalue weighted by atomic mass is 9.36. The van der Waals surface area contributed by atoms with E-state index in [1.54, 1.807) is 7.11 Å². The van der Waals surface area contributed by atoms with E-state index in [1.165, 1.54) is 36.1 Å². The van der Waals surface area contributed by atoms with Crippen molar-refractivity contribution in [2.24, 2.45) is 23.0 Å². The molecule has 0 aromatic heterocycles. The number of hydrogen-bond acceptors (Lipinski definition) is 5. The molecule has 2 aliphatic heterocycles. The number of ether oxygens (including phenoxy) is 3. The van der Waals surface area contributed by atoms with Crippen LogP contribution in [0.25, 0.3) is 0 Å². The fourth-order valence-corrected chi connectivity index (χ4v) is 9.30. The lowest BCUT2D eigenvalue weighted by Gasteiger charge is -2.72. The van der Waals surface area contributed by atoms with Crippen molar-refractivity contribution in [1.82, 2.24) is 4.90 Å². The van der Waals surface area contributed by atoms with E-state index >= 15 is 0 Å². The molecular formula is C31H36N2O3. The molecule has 2 unspecified atom stereocenters. The van der Waals surface area contributed by atoms with Crippen molar-refractivity contribution in [3.63, 3.8) is 0 Å². The topological polar surface area (TPSA) is 57.0 Å². The van der Waals surface area contributed by atoms with E-state index in [1.807, 2.05) is 7.11 Å². The highest BCUT2D eigenvalue weighted by Gasteiger charge is 2.79. The molecule has 2 spiro atoms. The van der Waals surface area contributed by atoms with Gasteiger partial charge in [-0.15, -0.1) is 0 Å². The maximum atomic E-state index is 7.16. The monoisotopic (exact) mass is 484 g/mol. The Labute approximate surface area is 213 Å². The molecule has 7 aliphatic rings. The van der Waals surface area contributed by atoms with Gasteiger partial charge in [0.2, 0.25) is 0 Å². The summed E-state index contributed by atoms with van der Waals surface area (Å²) in [4.78, 5) is 2.84. The van der Waals surface area contributed by atoms with Crippen molar-refractivity contribution in [2.75, 3.05) is 27.3 Å². The first-order valence-electron chi connectivity index (χ1n) is 13.7. The highest BCUT2D eigenvalue weighted by molar-refractivity contribution is 5.65. The SMILES string of the molecule is COc1ccc2c3c1O[C@@H]1[C@]34CCN(CC3CC3)[C@H](C2)[C@]42C=C[C@@]1(OC)C(C(N)c1ccccc1)C2. The van der Waals surface area contributed by atoms with Gasteiger partial charge in [0.15, 0.2) is 11.5 Å².